The van der Waals surface area contributed by atoms with E-state index in [0.717, 1.165) is 22.6 Å². The molecule has 0 bridgehead atoms. The van der Waals surface area contributed by atoms with Crippen LogP contribution in [-0.4, -0.2) is 23.3 Å². The van der Waals surface area contributed by atoms with E-state index in [0.29, 0.717) is 17.1 Å². The summed E-state index contributed by atoms with van der Waals surface area (Å²) in [5.74, 6) is 0.798. The molecular weight excluding hydrogens is 320 g/mol. The van der Waals surface area contributed by atoms with E-state index < -0.39 is 0 Å². The molecule has 1 aromatic heterocycles. The maximum Gasteiger partial charge on any atom is 0.255 e. The number of rotatable bonds is 5. The largest absolute Gasteiger partial charge is 0.497 e. The monoisotopic (exact) mass is 338 g/mol. The molecule has 0 aliphatic rings. The third-order valence-electron chi connectivity index (χ3n) is 3.77. The lowest BCUT2D eigenvalue weighted by Crippen LogP contribution is -2.17. The summed E-state index contributed by atoms with van der Waals surface area (Å²) in [5.41, 5.74) is 3.30. The van der Waals surface area contributed by atoms with Gasteiger partial charge in [-0.25, -0.2) is 4.98 Å². The Kier molecular flexibility index (Phi) is 5.01. The van der Waals surface area contributed by atoms with Crippen molar-refractivity contribution in [1.82, 2.24) is 9.97 Å². The van der Waals surface area contributed by atoms with E-state index in [2.05, 4.69) is 9.97 Å². The Morgan fingerprint density at radius 3 is 2.42 bits per heavy atom. The summed E-state index contributed by atoms with van der Waals surface area (Å²) < 4.78 is 5.18. The van der Waals surface area contributed by atoms with E-state index in [-0.39, 0.29) is 5.56 Å². The maximum absolute atomic E-state index is 12.6. The molecule has 0 fully saturated rings. The minimum Gasteiger partial charge on any atom is -0.497 e. The molecule has 2 aromatic carbocycles. The molecule has 0 aliphatic carbocycles. The van der Waals surface area contributed by atoms with Gasteiger partial charge in [0.1, 0.15) is 5.75 Å². The van der Waals surface area contributed by atoms with Crippen molar-refractivity contribution in [3.63, 3.8) is 0 Å². The van der Waals surface area contributed by atoms with E-state index in [1.165, 1.54) is 11.8 Å². The van der Waals surface area contributed by atoms with Crippen LogP contribution in [0.4, 0.5) is 0 Å². The molecule has 0 spiro atoms. The summed E-state index contributed by atoms with van der Waals surface area (Å²) >= 11 is 1.43. The van der Waals surface area contributed by atoms with Gasteiger partial charge >= 0.3 is 0 Å². The molecule has 0 aliphatic heterocycles. The molecule has 0 saturated heterocycles. The number of aromatic amines is 1. The Labute approximate surface area is 144 Å². The van der Waals surface area contributed by atoms with Crippen molar-refractivity contribution in [2.45, 2.75) is 11.6 Å². The highest BCUT2D eigenvalue weighted by atomic mass is 32.2. The van der Waals surface area contributed by atoms with Crippen LogP contribution in [0.5, 0.6) is 5.75 Å². The number of methoxy groups -OCH3 is 1. The zero-order valence-corrected chi connectivity index (χ0v) is 14.4. The molecule has 0 saturated carbocycles. The van der Waals surface area contributed by atoms with Crippen molar-refractivity contribution >= 4 is 11.8 Å². The summed E-state index contributed by atoms with van der Waals surface area (Å²) in [4.78, 5) is 20.1. The van der Waals surface area contributed by atoms with Crippen LogP contribution in [0.15, 0.2) is 64.5 Å². The van der Waals surface area contributed by atoms with Crippen molar-refractivity contribution < 1.29 is 4.74 Å². The molecule has 5 heteroatoms. The summed E-state index contributed by atoms with van der Waals surface area (Å²) in [5, 5.41) is 0.623. The van der Waals surface area contributed by atoms with Gasteiger partial charge in [0.15, 0.2) is 5.16 Å². The summed E-state index contributed by atoms with van der Waals surface area (Å²) in [6.45, 7) is 0. The quantitative estimate of drug-likeness (QED) is 0.568. The van der Waals surface area contributed by atoms with Gasteiger partial charge < -0.3 is 9.72 Å². The Morgan fingerprint density at radius 1 is 1.08 bits per heavy atom. The summed E-state index contributed by atoms with van der Waals surface area (Å²) in [6, 6.07) is 17.5. The normalized spacial score (nSPS) is 10.6. The second kappa shape index (κ2) is 7.36. The smallest absolute Gasteiger partial charge is 0.255 e. The van der Waals surface area contributed by atoms with Crippen molar-refractivity contribution in [2.24, 2.45) is 0 Å². The van der Waals surface area contributed by atoms with Crippen LogP contribution in [0.25, 0.3) is 11.3 Å². The molecule has 0 radical (unpaired) electrons. The first-order valence-corrected chi connectivity index (χ1v) is 8.79. The van der Waals surface area contributed by atoms with Gasteiger partial charge in [0.25, 0.3) is 5.56 Å². The van der Waals surface area contributed by atoms with Crippen LogP contribution >= 0.6 is 11.8 Å². The van der Waals surface area contributed by atoms with E-state index >= 15 is 0 Å². The summed E-state index contributed by atoms with van der Waals surface area (Å²) in [6.07, 6.45) is 2.42. The van der Waals surface area contributed by atoms with Gasteiger partial charge in [-0.15, -0.1) is 0 Å². The zero-order chi connectivity index (χ0) is 16.9. The van der Waals surface area contributed by atoms with Crippen LogP contribution in [0, 0.1) is 0 Å². The van der Waals surface area contributed by atoms with Crippen molar-refractivity contribution in [1.29, 1.82) is 0 Å². The first-order valence-electron chi connectivity index (χ1n) is 7.57. The van der Waals surface area contributed by atoms with Crippen molar-refractivity contribution in [2.75, 3.05) is 13.4 Å². The highest BCUT2D eigenvalue weighted by molar-refractivity contribution is 7.98. The number of nitrogens with zero attached hydrogens (tertiary/aromatic N) is 1. The van der Waals surface area contributed by atoms with Gasteiger partial charge in [-0.3, -0.25) is 4.79 Å². The van der Waals surface area contributed by atoms with Crippen LogP contribution in [0.2, 0.25) is 0 Å². The Morgan fingerprint density at radius 2 is 1.79 bits per heavy atom. The molecule has 24 heavy (non-hydrogen) atoms. The molecule has 0 atom stereocenters. The predicted octanol–water partition coefficient (Wildman–Crippen LogP) is 3.76. The molecule has 1 N–H and O–H groups in total. The number of H-pyrrole nitrogens is 1. The standard InChI is InChI=1S/C19H18N2O2S/c1-23-15-10-8-13(9-11-15)12-16-17(14-6-4-3-5-7-14)20-19(24-2)21-18(16)22/h3-11H,12H2,1-2H3,(H,20,21,22). The second-order valence-electron chi connectivity index (χ2n) is 5.29. The number of hydrogen-bond acceptors (Lipinski definition) is 4. The minimum absolute atomic E-state index is 0.0935. The molecule has 0 amide bonds. The molecular formula is C19H18N2O2S. The number of aromatic nitrogens is 2. The second-order valence-corrected chi connectivity index (χ2v) is 6.09. The number of nitrogens with one attached hydrogen (secondary N) is 1. The number of ether oxygens (including phenoxy) is 1. The lowest BCUT2D eigenvalue weighted by atomic mass is 10.0. The SMILES string of the molecule is COc1ccc(Cc2c(-c3ccccc3)nc(SC)[nH]c2=O)cc1. The molecule has 0 unspecified atom stereocenters. The maximum atomic E-state index is 12.6. The minimum atomic E-state index is -0.0935. The molecule has 1 heterocycles. The Balaban J connectivity index is 2.07. The van der Waals surface area contributed by atoms with Gasteiger partial charge in [0.2, 0.25) is 0 Å². The van der Waals surface area contributed by atoms with Crippen LogP contribution in [-0.2, 0) is 6.42 Å². The number of hydrogen-bond donors (Lipinski definition) is 1. The average molecular weight is 338 g/mol. The molecule has 122 valence electrons. The van der Waals surface area contributed by atoms with E-state index in [9.17, 15) is 4.79 Å². The molecule has 3 aromatic rings. The summed E-state index contributed by atoms with van der Waals surface area (Å²) in [7, 11) is 1.64. The fourth-order valence-corrected chi connectivity index (χ4v) is 2.90. The predicted molar refractivity (Wildman–Crippen MR) is 97.9 cm³/mol. The highest BCUT2D eigenvalue weighted by Crippen LogP contribution is 2.23. The number of thioether (sulfide) groups is 1. The fourth-order valence-electron chi connectivity index (χ4n) is 2.52. The Bertz CT molecular complexity index is 874. The highest BCUT2D eigenvalue weighted by Gasteiger charge is 2.14. The fraction of sp³-hybridized carbons (Fsp3) is 0.158. The number of benzene rings is 2. The third-order valence-corrected chi connectivity index (χ3v) is 4.35. The van der Waals surface area contributed by atoms with Gasteiger partial charge in [-0.05, 0) is 24.0 Å². The Hall–Kier alpha value is -2.53. The van der Waals surface area contributed by atoms with Gasteiger partial charge in [-0.2, -0.15) is 0 Å². The van der Waals surface area contributed by atoms with E-state index in [4.69, 9.17) is 4.74 Å². The van der Waals surface area contributed by atoms with Crippen LogP contribution in [0.1, 0.15) is 11.1 Å². The first-order chi connectivity index (χ1) is 11.7. The van der Waals surface area contributed by atoms with Crippen molar-refractivity contribution in [3.05, 3.63) is 76.1 Å². The molecule has 4 nitrogen and oxygen atoms in total. The van der Waals surface area contributed by atoms with E-state index in [1.54, 1.807) is 7.11 Å². The van der Waals surface area contributed by atoms with E-state index in [1.807, 2.05) is 60.9 Å². The molecule has 3 rings (SSSR count). The zero-order valence-electron chi connectivity index (χ0n) is 13.6. The lowest BCUT2D eigenvalue weighted by molar-refractivity contribution is 0.414. The van der Waals surface area contributed by atoms with Gasteiger partial charge in [0, 0.05) is 17.5 Å². The van der Waals surface area contributed by atoms with Gasteiger partial charge in [-0.1, -0.05) is 54.2 Å². The van der Waals surface area contributed by atoms with Gasteiger partial charge in [0.05, 0.1) is 12.8 Å². The average Bonchev–Trinajstić information content (AvgIpc) is 2.64. The van der Waals surface area contributed by atoms with Crippen LogP contribution in [0.3, 0.4) is 0 Å². The van der Waals surface area contributed by atoms with Crippen molar-refractivity contribution in [3.8, 4) is 17.0 Å². The first kappa shape index (κ1) is 16.3. The topological polar surface area (TPSA) is 55.0 Å². The van der Waals surface area contributed by atoms with Crippen LogP contribution < -0.4 is 10.3 Å². The lowest BCUT2D eigenvalue weighted by Gasteiger charge is -2.10. The third kappa shape index (κ3) is 3.51.